The Morgan fingerprint density at radius 3 is 2.67 bits per heavy atom. The van der Waals surface area contributed by atoms with E-state index in [1.54, 1.807) is 18.2 Å². The summed E-state index contributed by atoms with van der Waals surface area (Å²) >= 11 is 3.33. The minimum absolute atomic E-state index is 0.460. The Kier molecular flexibility index (Phi) is 3.72. The van der Waals surface area contributed by atoms with Crippen molar-refractivity contribution in [2.75, 3.05) is 10.7 Å². The second-order valence-corrected chi connectivity index (χ2v) is 4.10. The minimum atomic E-state index is 0.460. The molecule has 0 spiro atoms. The van der Waals surface area contributed by atoms with Crippen LogP contribution in [0.4, 0.5) is 17.3 Å². The lowest BCUT2D eigenvalue weighted by Crippen LogP contribution is -2.10. The Labute approximate surface area is 112 Å². The van der Waals surface area contributed by atoms with E-state index < -0.39 is 0 Å². The molecule has 6 nitrogen and oxygen atoms in total. The van der Waals surface area contributed by atoms with Gasteiger partial charge in [-0.2, -0.15) is 5.26 Å². The van der Waals surface area contributed by atoms with Crippen molar-refractivity contribution in [2.45, 2.75) is 0 Å². The van der Waals surface area contributed by atoms with Gasteiger partial charge in [-0.3, -0.25) is 0 Å². The van der Waals surface area contributed by atoms with E-state index in [-0.39, 0.29) is 0 Å². The normalized spacial score (nSPS) is 9.61. The lowest BCUT2D eigenvalue weighted by Gasteiger charge is -2.10. The van der Waals surface area contributed by atoms with Gasteiger partial charge in [0, 0.05) is 0 Å². The summed E-state index contributed by atoms with van der Waals surface area (Å²) in [6.07, 6.45) is 1.37. The average molecular weight is 305 g/mol. The molecule has 7 heteroatoms. The molecule has 0 saturated heterocycles. The Morgan fingerprint density at radius 1 is 1.22 bits per heavy atom. The van der Waals surface area contributed by atoms with Crippen molar-refractivity contribution in [3.05, 3.63) is 40.6 Å². The van der Waals surface area contributed by atoms with Crippen molar-refractivity contribution in [1.82, 2.24) is 9.97 Å². The first-order chi connectivity index (χ1) is 8.76. The molecule has 1 heterocycles. The number of para-hydroxylation sites is 1. The summed E-state index contributed by atoms with van der Waals surface area (Å²) < 4.78 is 0.597. The van der Waals surface area contributed by atoms with Crippen LogP contribution in [0.1, 0.15) is 5.56 Å². The molecule has 0 radical (unpaired) electrons. The molecule has 0 unspecified atom stereocenters. The lowest BCUT2D eigenvalue weighted by atomic mass is 10.2. The Bertz CT molecular complexity index is 607. The minimum Gasteiger partial charge on any atom is -0.338 e. The number of hydrogen-bond donors (Lipinski definition) is 3. The van der Waals surface area contributed by atoms with E-state index in [0.717, 1.165) is 0 Å². The van der Waals surface area contributed by atoms with Crippen molar-refractivity contribution < 1.29 is 0 Å². The SMILES string of the molecule is N#Cc1ccccc1Nc1ncnc(NN)c1Br. The highest BCUT2D eigenvalue weighted by Gasteiger charge is 2.09. The number of nitriles is 1. The van der Waals surface area contributed by atoms with Crippen LogP contribution in [0.5, 0.6) is 0 Å². The van der Waals surface area contributed by atoms with Gasteiger partial charge < -0.3 is 10.7 Å². The maximum Gasteiger partial charge on any atom is 0.159 e. The van der Waals surface area contributed by atoms with Crippen LogP contribution in [0.25, 0.3) is 0 Å². The molecule has 0 aliphatic rings. The van der Waals surface area contributed by atoms with E-state index in [1.165, 1.54) is 6.33 Å². The van der Waals surface area contributed by atoms with Crippen LogP contribution in [0.3, 0.4) is 0 Å². The third-order valence-corrected chi connectivity index (χ3v) is 2.98. The fourth-order valence-electron chi connectivity index (χ4n) is 1.37. The molecule has 0 saturated carbocycles. The maximum atomic E-state index is 9.00. The standard InChI is InChI=1S/C11H9BrN6/c12-9-10(15-6-16-11(9)18-14)17-8-4-2-1-3-7(8)5-13/h1-4,6H,14H2,(H2,15,16,17,18). The van der Waals surface area contributed by atoms with Crippen molar-refractivity contribution in [3.63, 3.8) is 0 Å². The predicted molar refractivity (Wildman–Crippen MR) is 72.0 cm³/mol. The number of halogens is 1. The zero-order chi connectivity index (χ0) is 13.0. The summed E-state index contributed by atoms with van der Waals surface area (Å²) in [6, 6.07) is 9.25. The van der Waals surface area contributed by atoms with E-state index in [0.29, 0.717) is 27.4 Å². The van der Waals surface area contributed by atoms with Gasteiger partial charge in [0.2, 0.25) is 0 Å². The van der Waals surface area contributed by atoms with Crippen LogP contribution in [-0.4, -0.2) is 9.97 Å². The Hall–Kier alpha value is -2.17. The van der Waals surface area contributed by atoms with Gasteiger partial charge >= 0.3 is 0 Å². The third kappa shape index (κ3) is 2.40. The molecule has 0 atom stereocenters. The topological polar surface area (TPSA) is 99.6 Å². The molecule has 0 fully saturated rings. The van der Waals surface area contributed by atoms with Crippen molar-refractivity contribution in [2.24, 2.45) is 5.84 Å². The molecular weight excluding hydrogens is 296 g/mol. The summed E-state index contributed by atoms with van der Waals surface area (Å²) in [5, 5.41) is 12.1. The zero-order valence-electron chi connectivity index (χ0n) is 9.18. The molecule has 0 aliphatic carbocycles. The summed E-state index contributed by atoms with van der Waals surface area (Å²) in [6.45, 7) is 0. The largest absolute Gasteiger partial charge is 0.338 e. The zero-order valence-corrected chi connectivity index (χ0v) is 10.8. The number of anilines is 3. The number of nitrogens with one attached hydrogen (secondary N) is 2. The molecule has 90 valence electrons. The number of hydrazine groups is 1. The lowest BCUT2D eigenvalue weighted by molar-refractivity contribution is 1.12. The summed E-state index contributed by atoms with van der Waals surface area (Å²) in [5.41, 5.74) is 3.65. The fraction of sp³-hybridized carbons (Fsp3) is 0. The second kappa shape index (κ2) is 5.44. The molecule has 2 rings (SSSR count). The van der Waals surface area contributed by atoms with Crippen LogP contribution in [0.15, 0.2) is 35.1 Å². The Morgan fingerprint density at radius 2 is 1.94 bits per heavy atom. The first kappa shape index (κ1) is 12.3. The summed E-state index contributed by atoms with van der Waals surface area (Å²) in [7, 11) is 0. The highest BCUT2D eigenvalue weighted by atomic mass is 79.9. The molecule has 2 aromatic rings. The summed E-state index contributed by atoms with van der Waals surface area (Å²) in [5.74, 6) is 6.31. The van der Waals surface area contributed by atoms with E-state index in [4.69, 9.17) is 11.1 Å². The first-order valence-electron chi connectivity index (χ1n) is 4.99. The summed E-state index contributed by atoms with van der Waals surface area (Å²) in [4.78, 5) is 8.03. The van der Waals surface area contributed by atoms with Crippen LogP contribution in [0.2, 0.25) is 0 Å². The number of benzene rings is 1. The van der Waals surface area contributed by atoms with Gasteiger partial charge in [-0.25, -0.2) is 15.8 Å². The second-order valence-electron chi connectivity index (χ2n) is 3.31. The number of rotatable bonds is 3. The van der Waals surface area contributed by atoms with Gasteiger partial charge in [-0.15, -0.1) is 0 Å². The van der Waals surface area contributed by atoms with Gasteiger partial charge in [0.25, 0.3) is 0 Å². The number of hydrogen-bond acceptors (Lipinski definition) is 6. The highest BCUT2D eigenvalue weighted by Crippen LogP contribution is 2.29. The molecule has 0 aliphatic heterocycles. The molecular formula is C11H9BrN6. The predicted octanol–water partition coefficient (Wildman–Crippen LogP) is 2.14. The van der Waals surface area contributed by atoms with Gasteiger partial charge in [0.1, 0.15) is 22.7 Å². The van der Waals surface area contributed by atoms with E-state index in [9.17, 15) is 0 Å². The smallest absolute Gasteiger partial charge is 0.159 e. The number of nitrogen functional groups attached to an aromatic ring is 1. The van der Waals surface area contributed by atoms with Crippen LogP contribution < -0.4 is 16.6 Å². The van der Waals surface area contributed by atoms with E-state index in [1.807, 2.05) is 6.07 Å². The van der Waals surface area contributed by atoms with Gasteiger partial charge in [0.15, 0.2) is 5.82 Å². The Balaban J connectivity index is 2.38. The number of nitrogens with two attached hydrogens (primary N) is 1. The monoisotopic (exact) mass is 304 g/mol. The number of nitrogens with zero attached hydrogens (tertiary/aromatic N) is 3. The third-order valence-electron chi connectivity index (χ3n) is 2.23. The first-order valence-corrected chi connectivity index (χ1v) is 5.79. The molecule has 1 aromatic carbocycles. The van der Waals surface area contributed by atoms with Crippen molar-refractivity contribution in [1.29, 1.82) is 5.26 Å². The molecule has 4 N–H and O–H groups in total. The molecule has 0 bridgehead atoms. The van der Waals surface area contributed by atoms with E-state index >= 15 is 0 Å². The van der Waals surface area contributed by atoms with Gasteiger partial charge in [-0.1, -0.05) is 12.1 Å². The van der Waals surface area contributed by atoms with Crippen molar-refractivity contribution in [3.8, 4) is 6.07 Å². The quantitative estimate of drug-likeness (QED) is 0.593. The van der Waals surface area contributed by atoms with Gasteiger partial charge in [0.05, 0.1) is 11.3 Å². The number of aromatic nitrogens is 2. The van der Waals surface area contributed by atoms with Gasteiger partial charge in [-0.05, 0) is 28.1 Å². The highest BCUT2D eigenvalue weighted by molar-refractivity contribution is 9.10. The fourth-order valence-corrected chi connectivity index (χ4v) is 1.79. The average Bonchev–Trinajstić information content (AvgIpc) is 2.42. The van der Waals surface area contributed by atoms with Crippen LogP contribution in [-0.2, 0) is 0 Å². The molecule has 18 heavy (non-hydrogen) atoms. The van der Waals surface area contributed by atoms with Crippen LogP contribution in [0, 0.1) is 11.3 Å². The van der Waals surface area contributed by atoms with E-state index in [2.05, 4.69) is 42.7 Å². The molecule has 1 aromatic heterocycles. The molecule has 0 amide bonds. The maximum absolute atomic E-state index is 9.00. The van der Waals surface area contributed by atoms with Crippen LogP contribution >= 0.6 is 15.9 Å². The van der Waals surface area contributed by atoms with Crippen molar-refractivity contribution >= 4 is 33.3 Å².